The number of thioether (sulfide) groups is 1. The van der Waals surface area contributed by atoms with Crippen LogP contribution < -0.4 is 4.90 Å². The molecular formula is C21H20ClFN2O2S. The number of halogens is 2. The van der Waals surface area contributed by atoms with Crippen LogP contribution in [-0.4, -0.2) is 29.1 Å². The molecular weight excluding hydrogens is 399 g/mol. The molecule has 0 saturated carbocycles. The molecule has 2 amide bonds. The lowest BCUT2D eigenvalue weighted by Gasteiger charge is -2.20. The van der Waals surface area contributed by atoms with Gasteiger partial charge in [-0.3, -0.25) is 14.5 Å². The van der Waals surface area contributed by atoms with Crippen LogP contribution in [0.25, 0.3) is 6.08 Å². The minimum Gasteiger partial charge on any atom is -0.372 e. The van der Waals surface area contributed by atoms with E-state index in [2.05, 4.69) is 18.7 Å². The highest BCUT2D eigenvalue weighted by Crippen LogP contribution is 2.34. The van der Waals surface area contributed by atoms with Gasteiger partial charge in [-0.2, -0.15) is 0 Å². The fraction of sp³-hybridized carbons (Fsp3) is 0.238. The third kappa shape index (κ3) is 4.39. The molecule has 3 rings (SSSR count). The van der Waals surface area contributed by atoms with Gasteiger partial charge in [0.15, 0.2) is 0 Å². The predicted octanol–water partition coefficient (Wildman–Crippen LogP) is 5.56. The van der Waals surface area contributed by atoms with Crippen molar-refractivity contribution in [3.63, 3.8) is 0 Å². The lowest BCUT2D eigenvalue weighted by molar-refractivity contribution is -0.123. The van der Waals surface area contributed by atoms with Gasteiger partial charge in [0.2, 0.25) is 0 Å². The summed E-state index contributed by atoms with van der Waals surface area (Å²) in [6.45, 7) is 6.05. The van der Waals surface area contributed by atoms with Gasteiger partial charge in [-0.05, 0) is 67.1 Å². The summed E-state index contributed by atoms with van der Waals surface area (Å²) in [5.74, 6) is -0.834. The highest BCUT2D eigenvalue weighted by molar-refractivity contribution is 8.18. The number of carbonyl (C=O) groups excluding carboxylic acids is 2. The number of rotatable bonds is 6. The van der Waals surface area contributed by atoms with Gasteiger partial charge in [-0.25, -0.2) is 4.39 Å². The molecule has 2 aromatic carbocycles. The average Bonchev–Trinajstić information content (AvgIpc) is 2.93. The van der Waals surface area contributed by atoms with Crippen LogP contribution in [0.2, 0.25) is 5.02 Å². The molecule has 0 atom stereocenters. The van der Waals surface area contributed by atoms with Crippen LogP contribution in [0.1, 0.15) is 25.0 Å². The molecule has 146 valence electrons. The molecule has 2 aromatic rings. The second-order valence-electron chi connectivity index (χ2n) is 6.27. The van der Waals surface area contributed by atoms with Crippen LogP contribution in [0, 0.1) is 5.82 Å². The summed E-state index contributed by atoms with van der Waals surface area (Å²) in [5.41, 5.74) is 2.48. The molecule has 0 aromatic heterocycles. The highest BCUT2D eigenvalue weighted by Gasteiger charge is 2.35. The summed E-state index contributed by atoms with van der Waals surface area (Å²) in [6.07, 6.45) is 1.71. The van der Waals surface area contributed by atoms with E-state index in [1.807, 2.05) is 24.3 Å². The molecule has 0 unspecified atom stereocenters. The Kier molecular flexibility index (Phi) is 6.42. The van der Waals surface area contributed by atoms with E-state index in [-0.39, 0.29) is 22.7 Å². The van der Waals surface area contributed by atoms with Crippen LogP contribution in [0.5, 0.6) is 0 Å². The maximum Gasteiger partial charge on any atom is 0.293 e. The van der Waals surface area contributed by atoms with Crippen molar-refractivity contribution >= 4 is 46.3 Å². The Bertz CT molecular complexity index is 927. The van der Waals surface area contributed by atoms with E-state index in [1.54, 1.807) is 6.08 Å². The summed E-state index contributed by atoms with van der Waals surface area (Å²) < 4.78 is 13.2. The molecule has 7 heteroatoms. The molecule has 1 aliphatic heterocycles. The normalized spacial score (nSPS) is 15.6. The number of carbonyl (C=O) groups is 2. The summed E-state index contributed by atoms with van der Waals surface area (Å²) in [4.78, 5) is 28.7. The van der Waals surface area contributed by atoms with Crippen molar-refractivity contribution in [2.45, 2.75) is 20.4 Å². The van der Waals surface area contributed by atoms with E-state index >= 15 is 0 Å². The Hall–Kier alpha value is -2.31. The van der Waals surface area contributed by atoms with E-state index in [9.17, 15) is 14.0 Å². The smallest absolute Gasteiger partial charge is 0.293 e. The Labute approximate surface area is 173 Å². The molecule has 0 spiro atoms. The number of imide groups is 1. The number of hydrogen-bond donors (Lipinski definition) is 0. The van der Waals surface area contributed by atoms with Gasteiger partial charge in [0, 0.05) is 23.8 Å². The first-order valence-electron chi connectivity index (χ1n) is 8.97. The Balaban J connectivity index is 1.77. The molecule has 0 aliphatic carbocycles. The predicted molar refractivity (Wildman–Crippen MR) is 113 cm³/mol. The SMILES string of the molecule is CCN(CC)c1ccc(/C=C2/SC(=O)N(Cc3ccc(F)cc3Cl)C2=O)cc1. The quantitative estimate of drug-likeness (QED) is 0.575. The first kappa shape index (κ1) is 20.4. The number of hydrogen-bond acceptors (Lipinski definition) is 4. The number of benzene rings is 2. The van der Waals surface area contributed by atoms with Crippen LogP contribution in [0.3, 0.4) is 0 Å². The zero-order valence-corrected chi connectivity index (χ0v) is 17.2. The topological polar surface area (TPSA) is 40.6 Å². The zero-order valence-electron chi connectivity index (χ0n) is 15.6. The molecule has 0 radical (unpaired) electrons. The van der Waals surface area contributed by atoms with E-state index in [0.29, 0.717) is 10.5 Å². The van der Waals surface area contributed by atoms with E-state index in [4.69, 9.17) is 11.6 Å². The Morgan fingerprint density at radius 1 is 1.11 bits per heavy atom. The van der Waals surface area contributed by atoms with Gasteiger partial charge in [-0.1, -0.05) is 29.8 Å². The van der Waals surface area contributed by atoms with Gasteiger partial charge < -0.3 is 4.90 Å². The maximum absolute atomic E-state index is 13.2. The molecule has 1 heterocycles. The van der Waals surface area contributed by atoms with Crippen molar-refractivity contribution in [3.05, 3.63) is 69.3 Å². The Morgan fingerprint density at radius 2 is 1.79 bits per heavy atom. The maximum atomic E-state index is 13.2. The molecule has 28 heavy (non-hydrogen) atoms. The lowest BCUT2D eigenvalue weighted by atomic mass is 10.1. The van der Waals surface area contributed by atoms with Crippen LogP contribution in [-0.2, 0) is 11.3 Å². The van der Waals surface area contributed by atoms with Crippen molar-refractivity contribution in [2.24, 2.45) is 0 Å². The molecule has 4 nitrogen and oxygen atoms in total. The number of amides is 2. The number of anilines is 1. The molecule has 1 aliphatic rings. The molecule has 1 saturated heterocycles. The van der Waals surface area contributed by atoms with Crippen molar-refractivity contribution in [3.8, 4) is 0 Å². The van der Waals surface area contributed by atoms with Crippen molar-refractivity contribution in [1.82, 2.24) is 4.90 Å². The van der Waals surface area contributed by atoms with Crippen LogP contribution in [0.15, 0.2) is 47.4 Å². The molecule has 0 bridgehead atoms. The van der Waals surface area contributed by atoms with Gasteiger partial charge in [-0.15, -0.1) is 0 Å². The van der Waals surface area contributed by atoms with Crippen molar-refractivity contribution < 1.29 is 14.0 Å². The van der Waals surface area contributed by atoms with Crippen LogP contribution >= 0.6 is 23.4 Å². The van der Waals surface area contributed by atoms with E-state index in [1.165, 1.54) is 18.2 Å². The second-order valence-corrected chi connectivity index (χ2v) is 7.67. The van der Waals surface area contributed by atoms with Gasteiger partial charge in [0.1, 0.15) is 5.82 Å². The third-order valence-electron chi connectivity index (χ3n) is 4.54. The summed E-state index contributed by atoms with van der Waals surface area (Å²) >= 11 is 6.91. The molecule has 1 fully saturated rings. The monoisotopic (exact) mass is 418 g/mol. The minimum absolute atomic E-state index is 0.0159. The van der Waals surface area contributed by atoms with Crippen molar-refractivity contribution in [1.29, 1.82) is 0 Å². The summed E-state index contributed by atoms with van der Waals surface area (Å²) in [6, 6.07) is 11.8. The average molecular weight is 419 g/mol. The zero-order chi connectivity index (χ0) is 20.3. The van der Waals surface area contributed by atoms with Gasteiger partial charge >= 0.3 is 0 Å². The fourth-order valence-electron chi connectivity index (χ4n) is 2.98. The van der Waals surface area contributed by atoms with Gasteiger partial charge in [0.05, 0.1) is 11.4 Å². The van der Waals surface area contributed by atoms with E-state index < -0.39 is 5.82 Å². The summed E-state index contributed by atoms with van der Waals surface area (Å²) in [5, 5.41) is -0.175. The lowest BCUT2D eigenvalue weighted by Crippen LogP contribution is -2.27. The van der Waals surface area contributed by atoms with Gasteiger partial charge in [0.25, 0.3) is 11.1 Å². The first-order valence-corrected chi connectivity index (χ1v) is 10.2. The second kappa shape index (κ2) is 8.80. The largest absolute Gasteiger partial charge is 0.372 e. The standard InChI is InChI=1S/C21H20ClFN2O2S/c1-3-24(4-2)17-9-5-14(6-10-17)11-19-20(26)25(21(27)28-19)13-15-7-8-16(23)12-18(15)22/h5-12H,3-4,13H2,1-2H3/b19-11+. The van der Waals surface area contributed by atoms with Crippen LogP contribution in [0.4, 0.5) is 14.9 Å². The third-order valence-corrected chi connectivity index (χ3v) is 5.80. The van der Waals surface area contributed by atoms with E-state index in [0.717, 1.165) is 41.0 Å². The first-order chi connectivity index (χ1) is 13.4. The Morgan fingerprint density at radius 3 is 2.39 bits per heavy atom. The molecule has 0 N–H and O–H groups in total. The minimum atomic E-state index is -0.462. The number of nitrogens with zero attached hydrogens (tertiary/aromatic N) is 2. The van der Waals surface area contributed by atoms with Crippen molar-refractivity contribution in [2.75, 3.05) is 18.0 Å². The fourth-order valence-corrected chi connectivity index (χ4v) is 4.04. The highest BCUT2D eigenvalue weighted by atomic mass is 35.5. The summed E-state index contributed by atoms with van der Waals surface area (Å²) in [7, 11) is 0.